The lowest BCUT2D eigenvalue weighted by molar-refractivity contribution is -0.138. The van der Waals surface area contributed by atoms with Gasteiger partial charge in [0.15, 0.2) is 0 Å². The number of aromatic hydroxyl groups is 1. The van der Waals surface area contributed by atoms with Crippen LogP contribution in [-0.2, 0) is 12.4 Å². The Bertz CT molecular complexity index is 767. The van der Waals surface area contributed by atoms with E-state index in [0.717, 1.165) is 18.2 Å². The molecule has 0 fully saturated rings. The van der Waals surface area contributed by atoms with Crippen LogP contribution in [0.5, 0.6) is 5.75 Å². The lowest BCUT2D eigenvalue weighted by Crippen LogP contribution is -2.14. The highest BCUT2D eigenvalue weighted by Crippen LogP contribution is 2.33. The van der Waals surface area contributed by atoms with Crippen molar-refractivity contribution in [3.8, 4) is 5.75 Å². The van der Waals surface area contributed by atoms with Gasteiger partial charge in [0.2, 0.25) is 0 Å². The number of phenols is 1. The van der Waals surface area contributed by atoms with Crippen molar-refractivity contribution in [3.05, 3.63) is 59.2 Å². The third-order valence-corrected chi connectivity index (χ3v) is 3.02. The van der Waals surface area contributed by atoms with Gasteiger partial charge in [0.1, 0.15) is 5.75 Å². The lowest BCUT2D eigenvalue weighted by Gasteiger charge is -2.12. The second-order valence-electron chi connectivity index (χ2n) is 4.76. The summed E-state index contributed by atoms with van der Waals surface area (Å²) in [5, 5.41) is 11.6. The zero-order valence-corrected chi connectivity index (χ0v) is 11.7. The number of alkyl halides is 6. The number of hydrogen-bond acceptors (Lipinski definition) is 2. The molecule has 2 aromatic rings. The molecule has 2 rings (SSSR count). The van der Waals surface area contributed by atoms with Crippen molar-refractivity contribution in [1.29, 1.82) is 0 Å². The standard InChI is InChI=1S/C15H9F6NO2/c16-14(17,18)8-2-1-3-10(6-8)22-13(24)11-5-4-9(7-12(11)23)15(19,20)21/h1-7,23H,(H,22,24). The maximum atomic E-state index is 12.6. The van der Waals surface area contributed by atoms with Crippen LogP contribution >= 0.6 is 0 Å². The molecule has 3 nitrogen and oxygen atoms in total. The molecule has 0 heterocycles. The number of nitrogens with one attached hydrogen (secondary N) is 1. The molecule has 0 bridgehead atoms. The van der Waals surface area contributed by atoms with Gasteiger partial charge in [-0.3, -0.25) is 4.79 Å². The average molecular weight is 349 g/mol. The molecule has 9 heteroatoms. The molecule has 2 N–H and O–H groups in total. The predicted molar refractivity (Wildman–Crippen MR) is 72.5 cm³/mol. The largest absolute Gasteiger partial charge is 0.507 e. The van der Waals surface area contributed by atoms with E-state index in [2.05, 4.69) is 5.32 Å². The molecule has 0 aliphatic rings. The molecule has 0 saturated carbocycles. The number of carbonyl (C=O) groups is 1. The maximum Gasteiger partial charge on any atom is 0.416 e. The fourth-order valence-electron chi connectivity index (χ4n) is 1.87. The highest BCUT2D eigenvalue weighted by molar-refractivity contribution is 6.06. The van der Waals surface area contributed by atoms with E-state index in [4.69, 9.17) is 0 Å². The predicted octanol–water partition coefficient (Wildman–Crippen LogP) is 4.68. The van der Waals surface area contributed by atoms with Crippen LogP contribution < -0.4 is 5.32 Å². The normalized spacial score (nSPS) is 12.1. The van der Waals surface area contributed by atoms with Gasteiger partial charge in [-0.15, -0.1) is 0 Å². The molecular formula is C15H9F6NO2. The summed E-state index contributed by atoms with van der Waals surface area (Å²) in [6.07, 6.45) is -9.31. The Morgan fingerprint density at radius 3 is 2.00 bits per heavy atom. The molecule has 0 aliphatic carbocycles. The topological polar surface area (TPSA) is 49.3 Å². The molecule has 128 valence electrons. The molecule has 0 radical (unpaired) electrons. The third kappa shape index (κ3) is 3.98. The fraction of sp³-hybridized carbons (Fsp3) is 0.133. The number of anilines is 1. The molecule has 0 unspecified atom stereocenters. The van der Waals surface area contributed by atoms with E-state index in [0.29, 0.717) is 18.2 Å². The van der Waals surface area contributed by atoms with Crippen molar-refractivity contribution in [2.75, 3.05) is 5.32 Å². The second kappa shape index (κ2) is 6.06. The number of benzene rings is 2. The molecule has 2 aromatic carbocycles. The molecule has 24 heavy (non-hydrogen) atoms. The number of halogens is 6. The lowest BCUT2D eigenvalue weighted by atomic mass is 10.1. The molecule has 0 aromatic heterocycles. The van der Waals surface area contributed by atoms with Gasteiger partial charge in [-0.25, -0.2) is 0 Å². The van der Waals surface area contributed by atoms with Crippen molar-refractivity contribution >= 4 is 11.6 Å². The Hall–Kier alpha value is -2.71. The van der Waals surface area contributed by atoms with Gasteiger partial charge in [0, 0.05) is 5.69 Å². The van der Waals surface area contributed by atoms with Gasteiger partial charge in [0.25, 0.3) is 5.91 Å². The van der Waals surface area contributed by atoms with Crippen molar-refractivity contribution in [1.82, 2.24) is 0 Å². The van der Waals surface area contributed by atoms with Gasteiger partial charge in [0.05, 0.1) is 16.7 Å². The Balaban J connectivity index is 2.25. The van der Waals surface area contributed by atoms with E-state index in [1.54, 1.807) is 0 Å². The summed E-state index contributed by atoms with van der Waals surface area (Å²) in [5.74, 6) is -1.98. The van der Waals surface area contributed by atoms with Crippen LogP contribution in [0.2, 0.25) is 0 Å². The first-order valence-electron chi connectivity index (χ1n) is 6.37. The summed E-state index contributed by atoms with van der Waals surface area (Å²) in [4.78, 5) is 11.9. The number of amides is 1. The van der Waals surface area contributed by atoms with E-state index in [1.807, 2.05) is 0 Å². The van der Waals surface area contributed by atoms with Gasteiger partial charge in [-0.1, -0.05) is 6.07 Å². The molecule has 1 amide bonds. The quantitative estimate of drug-likeness (QED) is 0.774. The van der Waals surface area contributed by atoms with Crippen molar-refractivity contribution in [3.63, 3.8) is 0 Å². The fourth-order valence-corrected chi connectivity index (χ4v) is 1.87. The molecule has 0 spiro atoms. The minimum absolute atomic E-state index is 0.214. The van der Waals surface area contributed by atoms with E-state index < -0.39 is 40.7 Å². The van der Waals surface area contributed by atoms with Gasteiger partial charge < -0.3 is 10.4 Å². The highest BCUT2D eigenvalue weighted by atomic mass is 19.4. The van der Waals surface area contributed by atoms with Gasteiger partial charge >= 0.3 is 12.4 Å². The van der Waals surface area contributed by atoms with Gasteiger partial charge in [-0.05, 0) is 36.4 Å². The molecule has 0 aliphatic heterocycles. The van der Waals surface area contributed by atoms with E-state index >= 15 is 0 Å². The number of phenolic OH excluding ortho intramolecular Hbond substituents is 1. The van der Waals surface area contributed by atoms with Crippen LogP contribution in [-0.4, -0.2) is 11.0 Å². The summed E-state index contributed by atoms with van der Waals surface area (Å²) < 4.78 is 75.2. The van der Waals surface area contributed by atoms with Crippen LogP contribution in [0.15, 0.2) is 42.5 Å². The molecule has 0 saturated heterocycles. The van der Waals surface area contributed by atoms with Crippen LogP contribution in [0.3, 0.4) is 0 Å². The van der Waals surface area contributed by atoms with E-state index in [1.165, 1.54) is 6.07 Å². The minimum atomic E-state index is -4.70. The zero-order chi connectivity index (χ0) is 18.1. The average Bonchev–Trinajstić information content (AvgIpc) is 2.45. The SMILES string of the molecule is O=C(Nc1cccc(C(F)(F)F)c1)c1ccc(C(F)(F)F)cc1O. The number of rotatable bonds is 2. The first-order valence-corrected chi connectivity index (χ1v) is 6.37. The monoisotopic (exact) mass is 349 g/mol. The summed E-state index contributed by atoms with van der Waals surface area (Å²) in [7, 11) is 0. The van der Waals surface area contributed by atoms with Crippen LogP contribution in [0.1, 0.15) is 21.5 Å². The Morgan fingerprint density at radius 2 is 1.46 bits per heavy atom. The smallest absolute Gasteiger partial charge is 0.416 e. The zero-order valence-electron chi connectivity index (χ0n) is 11.7. The van der Waals surface area contributed by atoms with Crippen LogP contribution in [0.4, 0.5) is 32.0 Å². The highest BCUT2D eigenvalue weighted by Gasteiger charge is 2.32. The summed E-state index contributed by atoms with van der Waals surface area (Å²) in [6.45, 7) is 0. The first-order chi connectivity index (χ1) is 11.0. The Morgan fingerprint density at radius 1 is 0.875 bits per heavy atom. The number of carbonyl (C=O) groups excluding carboxylic acids is 1. The van der Waals surface area contributed by atoms with E-state index in [-0.39, 0.29) is 5.69 Å². The second-order valence-corrected chi connectivity index (χ2v) is 4.76. The van der Waals surface area contributed by atoms with Gasteiger partial charge in [-0.2, -0.15) is 26.3 Å². The summed E-state index contributed by atoms with van der Waals surface area (Å²) in [5.41, 5.74) is -2.87. The summed E-state index contributed by atoms with van der Waals surface area (Å²) in [6, 6.07) is 5.38. The Labute approximate surface area is 131 Å². The summed E-state index contributed by atoms with van der Waals surface area (Å²) >= 11 is 0. The van der Waals surface area contributed by atoms with Crippen molar-refractivity contribution < 1.29 is 36.2 Å². The van der Waals surface area contributed by atoms with Crippen LogP contribution in [0, 0.1) is 0 Å². The maximum absolute atomic E-state index is 12.6. The Kier molecular flexibility index (Phi) is 4.46. The minimum Gasteiger partial charge on any atom is -0.507 e. The first kappa shape index (κ1) is 17.6. The van der Waals surface area contributed by atoms with Crippen molar-refractivity contribution in [2.45, 2.75) is 12.4 Å². The third-order valence-electron chi connectivity index (χ3n) is 3.02. The van der Waals surface area contributed by atoms with Crippen LogP contribution in [0.25, 0.3) is 0 Å². The number of hydrogen-bond donors (Lipinski definition) is 2. The van der Waals surface area contributed by atoms with E-state index in [9.17, 15) is 36.2 Å². The molecular weight excluding hydrogens is 340 g/mol. The molecule has 0 atom stereocenters. The van der Waals surface area contributed by atoms with Crippen molar-refractivity contribution in [2.24, 2.45) is 0 Å².